The largest absolute Gasteiger partial charge is 0.456 e. The maximum absolute atomic E-state index is 13.7. The van der Waals surface area contributed by atoms with Gasteiger partial charge >= 0.3 is 12.0 Å². The van der Waals surface area contributed by atoms with Gasteiger partial charge < -0.3 is 26.8 Å². The first-order chi connectivity index (χ1) is 17.2. The van der Waals surface area contributed by atoms with Gasteiger partial charge in [-0.1, -0.05) is 31.2 Å². The standard InChI is InChI=1S/C27H30F2N4O3/c1-2-17-4-3-5-18(10-17)15-32-16-25(24(30)13-19-11-21(28)14-22(29)12-19)36-26(34)20-6-8-23(9-7-20)33-27(31)35/h3-12,14,24-25,32H,2,13,15-16,30H2,1H3,(H3,31,33,35)/t24-,25+/m0/s1. The summed E-state index contributed by atoms with van der Waals surface area (Å²) < 4.78 is 33.0. The zero-order valence-electron chi connectivity index (χ0n) is 20.0. The molecule has 0 aromatic heterocycles. The van der Waals surface area contributed by atoms with Gasteiger partial charge in [-0.2, -0.15) is 0 Å². The van der Waals surface area contributed by atoms with E-state index in [1.54, 1.807) is 0 Å². The van der Waals surface area contributed by atoms with Crippen LogP contribution in [0.25, 0.3) is 0 Å². The van der Waals surface area contributed by atoms with Crippen LogP contribution in [0.5, 0.6) is 0 Å². The molecule has 0 fully saturated rings. The van der Waals surface area contributed by atoms with Crippen LogP contribution < -0.4 is 22.1 Å². The minimum Gasteiger partial charge on any atom is -0.456 e. The number of aryl methyl sites for hydroxylation is 1. The third kappa shape index (κ3) is 8.14. The van der Waals surface area contributed by atoms with Gasteiger partial charge in [0.05, 0.1) is 5.56 Å². The van der Waals surface area contributed by atoms with Gasteiger partial charge in [-0.15, -0.1) is 0 Å². The summed E-state index contributed by atoms with van der Waals surface area (Å²) in [6.07, 6.45) is 0.222. The summed E-state index contributed by atoms with van der Waals surface area (Å²) in [5.74, 6) is -2.03. The number of esters is 1. The molecule has 36 heavy (non-hydrogen) atoms. The van der Waals surface area contributed by atoms with Crippen LogP contribution in [0, 0.1) is 11.6 Å². The molecule has 2 amide bonds. The van der Waals surface area contributed by atoms with Crippen LogP contribution in [-0.4, -0.2) is 30.7 Å². The summed E-state index contributed by atoms with van der Waals surface area (Å²) in [4.78, 5) is 23.8. The van der Waals surface area contributed by atoms with Crippen molar-refractivity contribution in [3.8, 4) is 0 Å². The molecule has 3 rings (SSSR count). The normalized spacial score (nSPS) is 12.6. The van der Waals surface area contributed by atoms with Crippen molar-refractivity contribution in [3.05, 3.63) is 101 Å². The molecule has 7 nitrogen and oxygen atoms in total. The summed E-state index contributed by atoms with van der Waals surface area (Å²) in [5.41, 5.74) is 14.8. The molecule has 0 aliphatic carbocycles. The SMILES string of the molecule is CCc1cccc(CNC[C@@H](OC(=O)c2ccc(NC(N)=O)cc2)[C@@H](N)Cc2cc(F)cc(F)c2)c1. The first-order valence-electron chi connectivity index (χ1n) is 11.6. The lowest BCUT2D eigenvalue weighted by Gasteiger charge is -2.25. The number of urea groups is 1. The van der Waals surface area contributed by atoms with Crippen molar-refractivity contribution in [2.24, 2.45) is 11.5 Å². The topological polar surface area (TPSA) is 119 Å². The lowest BCUT2D eigenvalue weighted by Crippen LogP contribution is -2.46. The number of hydrogen-bond donors (Lipinski definition) is 4. The lowest BCUT2D eigenvalue weighted by molar-refractivity contribution is 0.0238. The first-order valence-corrected chi connectivity index (χ1v) is 11.6. The Morgan fingerprint density at radius 3 is 2.25 bits per heavy atom. The van der Waals surface area contributed by atoms with Crippen LogP contribution >= 0.6 is 0 Å². The molecule has 0 aliphatic heterocycles. The highest BCUT2D eigenvalue weighted by Gasteiger charge is 2.24. The van der Waals surface area contributed by atoms with Gasteiger partial charge in [0.2, 0.25) is 0 Å². The predicted octanol–water partition coefficient (Wildman–Crippen LogP) is 3.90. The van der Waals surface area contributed by atoms with Crippen molar-refractivity contribution in [2.45, 2.75) is 38.5 Å². The number of hydrogen-bond acceptors (Lipinski definition) is 5. The molecule has 6 N–H and O–H groups in total. The van der Waals surface area contributed by atoms with E-state index in [0.717, 1.165) is 18.1 Å². The van der Waals surface area contributed by atoms with Crippen molar-refractivity contribution in [2.75, 3.05) is 11.9 Å². The Hall–Kier alpha value is -3.82. The van der Waals surface area contributed by atoms with Gasteiger partial charge in [-0.3, -0.25) is 0 Å². The quantitative estimate of drug-likeness (QED) is 0.300. The molecule has 0 aliphatic rings. The van der Waals surface area contributed by atoms with Crippen molar-refractivity contribution in [1.82, 2.24) is 5.32 Å². The zero-order valence-corrected chi connectivity index (χ0v) is 20.0. The smallest absolute Gasteiger partial charge is 0.338 e. The number of halogens is 2. The van der Waals surface area contributed by atoms with E-state index in [9.17, 15) is 18.4 Å². The molecule has 0 spiro atoms. The first kappa shape index (κ1) is 26.8. The Morgan fingerprint density at radius 2 is 1.61 bits per heavy atom. The molecule has 0 unspecified atom stereocenters. The van der Waals surface area contributed by atoms with E-state index in [2.05, 4.69) is 23.6 Å². The van der Waals surface area contributed by atoms with Crippen LogP contribution in [0.2, 0.25) is 0 Å². The van der Waals surface area contributed by atoms with Gasteiger partial charge in [-0.05, 0) is 65.9 Å². The lowest BCUT2D eigenvalue weighted by atomic mass is 10.0. The van der Waals surface area contributed by atoms with Crippen molar-refractivity contribution in [1.29, 1.82) is 0 Å². The fourth-order valence-electron chi connectivity index (χ4n) is 3.77. The van der Waals surface area contributed by atoms with E-state index < -0.39 is 35.8 Å². The van der Waals surface area contributed by atoms with Crippen LogP contribution in [-0.2, 0) is 24.1 Å². The molecule has 0 radical (unpaired) electrons. The summed E-state index contributed by atoms with van der Waals surface area (Å²) in [5, 5.41) is 5.68. The zero-order chi connectivity index (χ0) is 26.1. The number of ether oxygens (including phenoxy) is 1. The monoisotopic (exact) mass is 496 g/mol. The average Bonchev–Trinajstić information content (AvgIpc) is 2.83. The Balaban J connectivity index is 1.71. The third-order valence-electron chi connectivity index (χ3n) is 5.59. The molecule has 9 heteroatoms. The highest BCUT2D eigenvalue weighted by atomic mass is 19.1. The number of carbonyl (C=O) groups is 2. The second-order valence-electron chi connectivity index (χ2n) is 8.46. The maximum Gasteiger partial charge on any atom is 0.338 e. The second kappa shape index (κ2) is 12.8. The van der Waals surface area contributed by atoms with E-state index >= 15 is 0 Å². The van der Waals surface area contributed by atoms with E-state index in [1.807, 2.05) is 18.2 Å². The Bertz CT molecular complexity index is 1170. The predicted molar refractivity (Wildman–Crippen MR) is 134 cm³/mol. The van der Waals surface area contributed by atoms with Crippen LogP contribution in [0.15, 0.2) is 66.7 Å². The molecule has 3 aromatic rings. The van der Waals surface area contributed by atoms with E-state index in [0.29, 0.717) is 17.8 Å². The minimum atomic E-state index is -0.790. The number of amides is 2. The highest BCUT2D eigenvalue weighted by molar-refractivity contribution is 5.91. The van der Waals surface area contributed by atoms with Crippen molar-refractivity contribution in [3.63, 3.8) is 0 Å². The molecule has 190 valence electrons. The van der Waals surface area contributed by atoms with E-state index in [1.165, 1.54) is 42.0 Å². The summed E-state index contributed by atoms with van der Waals surface area (Å²) in [6, 6.07) is 15.9. The van der Waals surface area contributed by atoms with Gasteiger partial charge in [0.25, 0.3) is 0 Å². The molecule has 3 aromatic carbocycles. The fraction of sp³-hybridized carbons (Fsp3) is 0.259. The Morgan fingerprint density at radius 1 is 0.944 bits per heavy atom. The number of rotatable bonds is 11. The number of anilines is 1. The van der Waals surface area contributed by atoms with Gasteiger partial charge in [0.15, 0.2) is 0 Å². The van der Waals surface area contributed by atoms with E-state index in [-0.39, 0.29) is 18.5 Å². The van der Waals surface area contributed by atoms with Gasteiger partial charge in [0, 0.05) is 30.9 Å². The van der Waals surface area contributed by atoms with Crippen LogP contribution in [0.3, 0.4) is 0 Å². The number of carbonyl (C=O) groups excluding carboxylic acids is 2. The van der Waals surface area contributed by atoms with Crippen molar-refractivity contribution < 1.29 is 23.1 Å². The van der Waals surface area contributed by atoms with Gasteiger partial charge in [0.1, 0.15) is 17.7 Å². The number of nitrogens with one attached hydrogen (secondary N) is 2. The Kier molecular flexibility index (Phi) is 9.49. The van der Waals surface area contributed by atoms with E-state index in [4.69, 9.17) is 16.2 Å². The molecule has 2 atom stereocenters. The van der Waals surface area contributed by atoms with Crippen LogP contribution in [0.1, 0.15) is 34.0 Å². The average molecular weight is 497 g/mol. The fourth-order valence-corrected chi connectivity index (χ4v) is 3.77. The summed E-state index contributed by atoms with van der Waals surface area (Å²) in [6.45, 7) is 2.83. The maximum atomic E-state index is 13.7. The van der Waals surface area contributed by atoms with Gasteiger partial charge in [-0.25, -0.2) is 18.4 Å². The molecular weight excluding hydrogens is 466 g/mol. The molecule has 0 heterocycles. The minimum absolute atomic E-state index is 0.0983. The molecular formula is C27H30F2N4O3. The number of nitrogens with two attached hydrogens (primary N) is 2. The summed E-state index contributed by atoms with van der Waals surface area (Å²) in [7, 11) is 0. The Labute approximate surface area is 208 Å². The molecule has 0 saturated carbocycles. The third-order valence-corrected chi connectivity index (χ3v) is 5.59. The molecule has 0 bridgehead atoms. The molecule has 0 saturated heterocycles. The number of primary amides is 1. The number of benzene rings is 3. The van der Waals surface area contributed by atoms with Crippen molar-refractivity contribution >= 4 is 17.7 Å². The highest BCUT2D eigenvalue weighted by Crippen LogP contribution is 2.15. The van der Waals surface area contributed by atoms with Crippen LogP contribution in [0.4, 0.5) is 19.3 Å². The summed E-state index contributed by atoms with van der Waals surface area (Å²) >= 11 is 0. The second-order valence-corrected chi connectivity index (χ2v) is 8.46.